The van der Waals surface area contributed by atoms with Crippen molar-refractivity contribution in [3.8, 4) is 23.0 Å². The molecule has 0 aliphatic carbocycles. The maximum atomic E-state index is 9.60. The van der Waals surface area contributed by atoms with E-state index in [2.05, 4.69) is 6.92 Å². The molecule has 1 unspecified atom stereocenters. The molecule has 0 aromatic heterocycles. The third-order valence-corrected chi connectivity index (χ3v) is 14.2. The van der Waals surface area contributed by atoms with Crippen molar-refractivity contribution in [1.29, 1.82) is 0 Å². The van der Waals surface area contributed by atoms with Crippen molar-refractivity contribution in [3.05, 3.63) is 47.5 Å². The second-order valence-corrected chi connectivity index (χ2v) is 20.4. The van der Waals surface area contributed by atoms with E-state index in [4.69, 9.17) is 28.4 Å². The summed E-state index contributed by atoms with van der Waals surface area (Å²) in [6.45, 7) is 6.10. The van der Waals surface area contributed by atoms with Crippen LogP contribution in [0.3, 0.4) is 0 Å². The van der Waals surface area contributed by atoms with Gasteiger partial charge in [0.1, 0.15) is 23.0 Å². The molecule has 8 heteroatoms. The number of aliphatic hydroxyl groups is 2. The van der Waals surface area contributed by atoms with Crippen LogP contribution in [0.25, 0.3) is 0 Å². The summed E-state index contributed by atoms with van der Waals surface area (Å²) in [5.41, 5.74) is 1.62. The van der Waals surface area contributed by atoms with Crippen LogP contribution < -0.4 is 18.9 Å². The minimum Gasteiger partial charge on any atom is -0.497 e. The standard InChI is InChI=1S/C62H110O8/c1-4-5-6-7-8-9-10-11-12-13-14-15-16-17-22-27-32-37-42-60(68-48-39-34-29-24-20-21-26-31-36-41-50-70-62-52-59(66-3)46-44-57(62)54-64)55-67-47-38-33-28-23-18-19-25-30-35-40-49-69-61-51-58(65-2)45-43-56(61)53-63/h43-46,51-52,60,63-64H,4-42,47-50,53-55H2,1-3H3. The van der Waals surface area contributed by atoms with Crippen molar-refractivity contribution in [2.75, 3.05) is 47.3 Å². The molecule has 0 saturated heterocycles. The van der Waals surface area contributed by atoms with Gasteiger partial charge in [0.15, 0.2) is 0 Å². The molecule has 406 valence electrons. The summed E-state index contributed by atoms with van der Waals surface area (Å²) in [6.07, 6.45) is 51.7. The van der Waals surface area contributed by atoms with E-state index in [-0.39, 0.29) is 19.3 Å². The first kappa shape index (κ1) is 63.6. The van der Waals surface area contributed by atoms with Gasteiger partial charge in [0.2, 0.25) is 0 Å². The highest BCUT2D eigenvalue weighted by molar-refractivity contribution is 5.41. The first-order chi connectivity index (χ1) is 34.6. The van der Waals surface area contributed by atoms with Gasteiger partial charge in [-0.2, -0.15) is 0 Å². The quantitative estimate of drug-likeness (QED) is 0.0633. The van der Waals surface area contributed by atoms with E-state index in [0.29, 0.717) is 13.2 Å². The number of methoxy groups -OCH3 is 2. The lowest BCUT2D eigenvalue weighted by Crippen LogP contribution is -2.21. The highest BCUT2D eigenvalue weighted by Crippen LogP contribution is 2.27. The van der Waals surface area contributed by atoms with Crippen LogP contribution in [0.15, 0.2) is 36.4 Å². The SMILES string of the molecule is CCCCCCCCCCCCCCCCCCCCC(COCCCCCCCCCCCCOc1cc(OC)ccc1CO)OCCCCCCCCCCCCOc1cc(OC)ccc1CO. The first-order valence-corrected chi connectivity index (χ1v) is 29.7. The summed E-state index contributed by atoms with van der Waals surface area (Å²) in [7, 11) is 3.30. The van der Waals surface area contributed by atoms with Gasteiger partial charge in [-0.3, -0.25) is 0 Å². The van der Waals surface area contributed by atoms with Crippen LogP contribution in [-0.4, -0.2) is 63.6 Å². The number of unbranched alkanes of at least 4 members (excludes halogenated alkanes) is 35. The van der Waals surface area contributed by atoms with Crippen molar-refractivity contribution >= 4 is 0 Å². The van der Waals surface area contributed by atoms with Crippen LogP contribution in [0.5, 0.6) is 23.0 Å². The van der Waals surface area contributed by atoms with Crippen molar-refractivity contribution in [3.63, 3.8) is 0 Å². The molecule has 0 bridgehead atoms. The average Bonchev–Trinajstić information content (AvgIpc) is 3.38. The molecule has 0 saturated carbocycles. The van der Waals surface area contributed by atoms with Crippen LogP contribution in [-0.2, 0) is 22.7 Å². The normalized spacial score (nSPS) is 11.9. The molecule has 70 heavy (non-hydrogen) atoms. The van der Waals surface area contributed by atoms with Gasteiger partial charge >= 0.3 is 0 Å². The Morgan fingerprint density at radius 3 is 1.03 bits per heavy atom. The van der Waals surface area contributed by atoms with Crippen LogP contribution >= 0.6 is 0 Å². The van der Waals surface area contributed by atoms with E-state index in [0.717, 1.165) is 86.0 Å². The fraction of sp³-hybridized carbons (Fsp3) is 0.806. The Bertz CT molecular complexity index is 1400. The number of ether oxygens (including phenoxy) is 6. The molecule has 1 atom stereocenters. The van der Waals surface area contributed by atoms with E-state index in [1.54, 1.807) is 14.2 Å². The van der Waals surface area contributed by atoms with Crippen molar-refractivity contribution in [2.24, 2.45) is 0 Å². The summed E-state index contributed by atoms with van der Waals surface area (Å²) >= 11 is 0. The zero-order valence-electron chi connectivity index (χ0n) is 45.9. The summed E-state index contributed by atoms with van der Waals surface area (Å²) in [5.74, 6) is 2.97. The van der Waals surface area contributed by atoms with Gasteiger partial charge < -0.3 is 38.6 Å². The number of aliphatic hydroxyl groups excluding tert-OH is 2. The molecule has 0 aliphatic heterocycles. The molecule has 0 aliphatic rings. The van der Waals surface area contributed by atoms with Gasteiger partial charge in [-0.1, -0.05) is 225 Å². The Morgan fingerprint density at radius 2 is 0.686 bits per heavy atom. The van der Waals surface area contributed by atoms with Gasteiger partial charge in [0, 0.05) is 36.5 Å². The molecule has 0 spiro atoms. The molecular weight excluding hydrogens is 873 g/mol. The number of benzene rings is 2. The molecule has 8 nitrogen and oxygen atoms in total. The Labute approximate surface area is 431 Å². The predicted octanol–water partition coefficient (Wildman–Crippen LogP) is 17.8. The molecule has 2 aromatic rings. The van der Waals surface area contributed by atoms with E-state index in [9.17, 15) is 10.2 Å². The third kappa shape index (κ3) is 36.4. The summed E-state index contributed by atoms with van der Waals surface area (Å²) in [4.78, 5) is 0. The van der Waals surface area contributed by atoms with Gasteiger partial charge in [0.25, 0.3) is 0 Å². The molecule has 2 N–H and O–H groups in total. The van der Waals surface area contributed by atoms with Gasteiger partial charge in [-0.25, -0.2) is 0 Å². The van der Waals surface area contributed by atoms with Crippen LogP contribution in [0.4, 0.5) is 0 Å². The topological polar surface area (TPSA) is 95.8 Å². The number of hydrogen-bond donors (Lipinski definition) is 2. The molecule has 0 heterocycles. The first-order valence-electron chi connectivity index (χ1n) is 29.7. The fourth-order valence-electron chi connectivity index (χ4n) is 9.51. The molecule has 2 aromatic carbocycles. The summed E-state index contributed by atoms with van der Waals surface area (Å²) in [5, 5.41) is 19.2. The largest absolute Gasteiger partial charge is 0.497 e. The minimum atomic E-state index is -0.0210. The summed E-state index contributed by atoms with van der Waals surface area (Å²) < 4.78 is 35.3. The van der Waals surface area contributed by atoms with E-state index in [1.165, 1.54) is 218 Å². The molecular formula is C62H110O8. The monoisotopic (exact) mass is 983 g/mol. The van der Waals surface area contributed by atoms with Crippen molar-refractivity contribution in [2.45, 2.75) is 277 Å². The molecule has 2 rings (SSSR count). The third-order valence-electron chi connectivity index (χ3n) is 14.2. The van der Waals surface area contributed by atoms with Gasteiger partial charge in [0.05, 0.1) is 53.4 Å². The van der Waals surface area contributed by atoms with Crippen molar-refractivity contribution in [1.82, 2.24) is 0 Å². The second kappa shape index (κ2) is 48.7. The number of rotatable bonds is 54. The van der Waals surface area contributed by atoms with Crippen LogP contribution in [0.1, 0.15) is 268 Å². The second-order valence-electron chi connectivity index (χ2n) is 20.4. The maximum absolute atomic E-state index is 9.60. The van der Waals surface area contributed by atoms with E-state index in [1.807, 2.05) is 36.4 Å². The molecule has 0 radical (unpaired) electrons. The predicted molar refractivity (Wildman–Crippen MR) is 295 cm³/mol. The van der Waals surface area contributed by atoms with Crippen LogP contribution in [0, 0.1) is 0 Å². The lowest BCUT2D eigenvalue weighted by Gasteiger charge is -2.18. The average molecular weight is 984 g/mol. The molecule has 0 amide bonds. The zero-order valence-corrected chi connectivity index (χ0v) is 45.9. The Morgan fingerprint density at radius 1 is 0.371 bits per heavy atom. The Balaban J connectivity index is 1.50. The van der Waals surface area contributed by atoms with Crippen LogP contribution in [0.2, 0.25) is 0 Å². The van der Waals surface area contributed by atoms with Gasteiger partial charge in [-0.05, 0) is 56.4 Å². The Hall–Kier alpha value is -2.52. The number of hydrogen-bond acceptors (Lipinski definition) is 8. The maximum Gasteiger partial charge on any atom is 0.128 e. The highest BCUT2D eigenvalue weighted by atomic mass is 16.5. The lowest BCUT2D eigenvalue weighted by molar-refractivity contribution is -0.0235. The zero-order chi connectivity index (χ0) is 50.1. The molecule has 0 fully saturated rings. The smallest absolute Gasteiger partial charge is 0.128 e. The van der Waals surface area contributed by atoms with E-state index >= 15 is 0 Å². The Kier molecular flexibility index (Phi) is 44.3. The fourth-order valence-corrected chi connectivity index (χ4v) is 9.51. The minimum absolute atomic E-state index is 0.0209. The van der Waals surface area contributed by atoms with Crippen molar-refractivity contribution < 1.29 is 38.6 Å². The summed E-state index contributed by atoms with van der Waals surface area (Å²) in [6, 6.07) is 11.2. The van der Waals surface area contributed by atoms with E-state index < -0.39 is 0 Å². The van der Waals surface area contributed by atoms with Gasteiger partial charge in [-0.15, -0.1) is 0 Å². The lowest BCUT2D eigenvalue weighted by atomic mass is 10.0. The highest BCUT2D eigenvalue weighted by Gasteiger charge is 2.11.